The van der Waals surface area contributed by atoms with Gasteiger partial charge in [0.05, 0.1) is 19.3 Å². The summed E-state index contributed by atoms with van der Waals surface area (Å²) in [6.45, 7) is 2.02. The molecule has 3 aromatic carbocycles. The first-order valence-electron chi connectivity index (χ1n) is 16.1. The van der Waals surface area contributed by atoms with Crippen molar-refractivity contribution in [2.24, 2.45) is 0 Å². The van der Waals surface area contributed by atoms with Gasteiger partial charge in [-0.25, -0.2) is 19.5 Å². The van der Waals surface area contributed by atoms with Crippen LogP contribution in [0.15, 0.2) is 79.1 Å². The number of hydrogen-bond acceptors (Lipinski definition) is 11. The number of unbranched alkanes of at least 4 members (excludes halogenated alkanes) is 2. The Labute approximate surface area is 288 Å². The molecule has 13 nitrogen and oxygen atoms in total. The fourth-order valence-electron chi connectivity index (χ4n) is 5.72. The van der Waals surface area contributed by atoms with Crippen LogP contribution >= 0.6 is 19.3 Å². The normalized spacial score (nSPS) is 19.5. The number of carbonyl (C=O) groups is 1. The second kappa shape index (κ2) is 15.6. The quantitative estimate of drug-likeness (QED) is 0.0502. The van der Waals surface area contributed by atoms with Crippen molar-refractivity contribution in [3.63, 3.8) is 0 Å². The number of ether oxygens (including phenoxy) is 2. The minimum absolute atomic E-state index is 0.000601. The third kappa shape index (κ3) is 8.21. The van der Waals surface area contributed by atoms with E-state index in [-0.39, 0.29) is 48.3 Å². The number of nitrogens with two attached hydrogens (primary N) is 1. The number of aliphatic hydroxyl groups excluding tert-OH is 1. The van der Waals surface area contributed by atoms with Crippen molar-refractivity contribution in [1.82, 2.24) is 24.6 Å². The van der Waals surface area contributed by atoms with E-state index in [1.54, 1.807) is 12.1 Å². The third-order valence-electron chi connectivity index (χ3n) is 8.15. The molecule has 5 aromatic rings. The van der Waals surface area contributed by atoms with Crippen molar-refractivity contribution in [3.05, 3.63) is 90.0 Å². The predicted molar refractivity (Wildman–Crippen MR) is 185 cm³/mol. The molecule has 0 aliphatic carbocycles. The fourth-order valence-corrected chi connectivity index (χ4v) is 7.52. The Bertz CT molecular complexity index is 1940. The number of nitrogens with one attached hydrogen (secondary N) is 1. The molecule has 0 spiro atoms. The Morgan fingerprint density at radius 3 is 2.71 bits per heavy atom. The molecule has 3 heterocycles. The van der Waals surface area contributed by atoms with Crippen LogP contribution in [0.1, 0.15) is 44.4 Å². The molecular formula is C34H38ClN6O7P. The number of carbonyl (C=O) groups excluding carboxylic acids is 1. The minimum atomic E-state index is -4.34. The molecule has 5 atom stereocenters. The number of benzene rings is 3. The van der Waals surface area contributed by atoms with Crippen molar-refractivity contribution in [2.45, 2.75) is 63.5 Å². The average Bonchev–Trinajstić information content (AvgIpc) is 3.64. The Hall–Kier alpha value is -4.10. The van der Waals surface area contributed by atoms with E-state index in [0.717, 1.165) is 23.8 Å². The second-order valence-electron chi connectivity index (χ2n) is 11.7. The van der Waals surface area contributed by atoms with Crippen molar-refractivity contribution in [2.75, 3.05) is 18.9 Å². The molecule has 0 bridgehead atoms. The van der Waals surface area contributed by atoms with E-state index < -0.39 is 38.2 Å². The van der Waals surface area contributed by atoms with E-state index in [2.05, 4.69) is 27.0 Å². The molecule has 1 aliphatic heterocycles. The smallest absolute Gasteiger partial charge is 0.459 e. The van der Waals surface area contributed by atoms with Crippen molar-refractivity contribution >= 4 is 53.1 Å². The van der Waals surface area contributed by atoms with Crippen LogP contribution in [-0.2, 0) is 29.8 Å². The zero-order valence-corrected chi connectivity index (χ0v) is 28.5. The second-order valence-corrected chi connectivity index (χ2v) is 13.8. The number of nitrogens with zero attached hydrogens (tertiary/aromatic N) is 4. The summed E-state index contributed by atoms with van der Waals surface area (Å²) in [5.74, 6) is -0.159. The summed E-state index contributed by atoms with van der Waals surface area (Å²) in [6.07, 6.45) is 1.32. The monoisotopic (exact) mass is 708 g/mol. The Kier molecular flexibility index (Phi) is 11.1. The number of halogens is 1. The predicted octanol–water partition coefficient (Wildman–Crippen LogP) is 6.00. The van der Waals surface area contributed by atoms with Gasteiger partial charge in [-0.1, -0.05) is 86.5 Å². The van der Waals surface area contributed by atoms with Gasteiger partial charge in [0.15, 0.2) is 23.2 Å². The molecule has 0 saturated carbocycles. The summed E-state index contributed by atoms with van der Waals surface area (Å²) in [5, 5.41) is 15.5. The van der Waals surface area contributed by atoms with Gasteiger partial charge < -0.3 is 24.8 Å². The van der Waals surface area contributed by atoms with Crippen LogP contribution in [-0.4, -0.2) is 62.1 Å². The molecule has 4 N–H and O–H groups in total. The van der Waals surface area contributed by atoms with E-state index in [1.807, 2.05) is 60.7 Å². The largest absolute Gasteiger partial charge is 0.465 e. The summed E-state index contributed by atoms with van der Waals surface area (Å²) in [6, 6.07) is 21.1. The molecule has 1 aliphatic rings. The molecule has 258 valence electrons. The highest BCUT2D eigenvalue weighted by Gasteiger charge is 2.41. The zero-order valence-electron chi connectivity index (χ0n) is 26.9. The van der Waals surface area contributed by atoms with E-state index in [0.29, 0.717) is 17.6 Å². The minimum Gasteiger partial charge on any atom is -0.465 e. The SMILES string of the molecule is CCCCCOC(=O)[C@H](Cc1ccccc1)NP(=O)(OC[C@@H]1C[C@H](O)[C@H](n2c(Cl)nc3c(N)ncnc32)O1)Oc1cccc2ccccc12. The van der Waals surface area contributed by atoms with E-state index >= 15 is 0 Å². The van der Waals surface area contributed by atoms with E-state index in [1.165, 1.54) is 10.9 Å². The molecule has 0 amide bonds. The first-order valence-corrected chi connectivity index (χ1v) is 18.0. The van der Waals surface area contributed by atoms with Crippen LogP contribution < -0.4 is 15.3 Å². The molecular weight excluding hydrogens is 671 g/mol. The molecule has 49 heavy (non-hydrogen) atoms. The lowest BCUT2D eigenvalue weighted by molar-refractivity contribution is -0.145. The van der Waals surface area contributed by atoms with Gasteiger partial charge in [-0.05, 0) is 41.5 Å². The lowest BCUT2D eigenvalue weighted by Gasteiger charge is -2.26. The van der Waals surface area contributed by atoms with Gasteiger partial charge in [-0.3, -0.25) is 13.9 Å². The van der Waals surface area contributed by atoms with Gasteiger partial charge in [0, 0.05) is 11.8 Å². The summed E-state index contributed by atoms with van der Waals surface area (Å²) in [5.41, 5.74) is 7.33. The van der Waals surface area contributed by atoms with E-state index in [4.69, 9.17) is 35.9 Å². The fraction of sp³-hybridized carbons (Fsp3) is 0.353. The molecule has 15 heteroatoms. The van der Waals surface area contributed by atoms with Gasteiger partial charge in [0.25, 0.3) is 0 Å². The maximum atomic E-state index is 14.8. The molecule has 0 radical (unpaired) electrons. The van der Waals surface area contributed by atoms with Crippen LogP contribution in [0.2, 0.25) is 5.28 Å². The number of fused-ring (bicyclic) bond motifs is 2. The maximum Gasteiger partial charge on any atom is 0.459 e. The molecule has 6 rings (SSSR count). The maximum absolute atomic E-state index is 14.8. The summed E-state index contributed by atoms with van der Waals surface area (Å²) in [4.78, 5) is 25.9. The van der Waals surface area contributed by atoms with Crippen molar-refractivity contribution in [3.8, 4) is 5.75 Å². The Morgan fingerprint density at radius 2 is 1.90 bits per heavy atom. The number of imidazole rings is 1. The number of anilines is 1. The van der Waals surface area contributed by atoms with Crippen LogP contribution in [0, 0.1) is 0 Å². The van der Waals surface area contributed by atoms with Crippen molar-refractivity contribution < 1.29 is 33.0 Å². The standard InChI is InChI=1S/C34H38ClN6O7P/c1-2-3-9-17-45-33(43)26(18-22-11-5-4-6-12-22)40-49(44,48-28-16-10-14-23-13-7-8-15-25(23)28)46-20-24-19-27(42)32(47-24)41-31-29(39-34(41)35)30(36)37-21-38-31/h4-8,10-16,21,24,26-27,32,42H,2-3,9,17-20H2,1H3,(H,40,44)(H2,36,37,38)/t24-,26-,27-,32+,49?/m0/s1. The van der Waals surface area contributed by atoms with Gasteiger partial charge in [0.2, 0.25) is 5.28 Å². The lowest BCUT2D eigenvalue weighted by atomic mass is 10.1. The lowest BCUT2D eigenvalue weighted by Crippen LogP contribution is -2.40. The number of esters is 1. The summed E-state index contributed by atoms with van der Waals surface area (Å²) in [7, 11) is -4.34. The molecule has 1 fully saturated rings. The highest BCUT2D eigenvalue weighted by Crippen LogP contribution is 2.48. The van der Waals surface area contributed by atoms with Crippen LogP contribution in [0.4, 0.5) is 5.82 Å². The number of nitrogen functional groups attached to an aromatic ring is 1. The summed E-state index contributed by atoms with van der Waals surface area (Å²) >= 11 is 6.42. The van der Waals surface area contributed by atoms with E-state index in [9.17, 15) is 14.5 Å². The average molecular weight is 709 g/mol. The van der Waals surface area contributed by atoms with Gasteiger partial charge in [-0.2, -0.15) is 5.09 Å². The van der Waals surface area contributed by atoms with Crippen LogP contribution in [0.5, 0.6) is 5.75 Å². The Morgan fingerprint density at radius 1 is 1.12 bits per heavy atom. The molecule has 2 aromatic heterocycles. The first-order chi connectivity index (χ1) is 23.7. The number of aliphatic hydroxyl groups is 1. The highest BCUT2D eigenvalue weighted by molar-refractivity contribution is 7.52. The number of rotatable bonds is 15. The first kappa shape index (κ1) is 34.8. The topological polar surface area (TPSA) is 173 Å². The van der Waals surface area contributed by atoms with Gasteiger partial charge in [-0.15, -0.1) is 0 Å². The van der Waals surface area contributed by atoms with Crippen molar-refractivity contribution in [1.29, 1.82) is 0 Å². The molecule has 1 unspecified atom stereocenters. The number of aromatic nitrogens is 4. The zero-order chi connectivity index (χ0) is 34.4. The van der Waals surface area contributed by atoms with Crippen LogP contribution in [0.3, 0.4) is 0 Å². The third-order valence-corrected chi connectivity index (χ3v) is 9.97. The summed E-state index contributed by atoms with van der Waals surface area (Å²) < 4.78 is 40.2. The van der Waals surface area contributed by atoms with Gasteiger partial charge in [0.1, 0.15) is 24.2 Å². The molecule has 1 saturated heterocycles. The van der Waals surface area contributed by atoms with Crippen LogP contribution in [0.25, 0.3) is 21.9 Å². The van der Waals surface area contributed by atoms with Gasteiger partial charge >= 0.3 is 13.7 Å². The highest BCUT2D eigenvalue weighted by atomic mass is 35.5. The number of hydrogen-bond donors (Lipinski definition) is 3. The Balaban J connectivity index is 1.26.